The van der Waals surface area contributed by atoms with Crippen LogP contribution >= 0.6 is 0 Å². The summed E-state index contributed by atoms with van der Waals surface area (Å²) in [4.78, 5) is 11.9. The van der Waals surface area contributed by atoms with Gasteiger partial charge in [0.25, 0.3) is 0 Å². The zero-order chi connectivity index (χ0) is 15.5. The first-order chi connectivity index (χ1) is 9.88. The molecule has 1 aromatic carbocycles. The van der Waals surface area contributed by atoms with E-state index in [1.165, 1.54) is 24.3 Å². The number of halogens is 1. The van der Waals surface area contributed by atoms with Crippen molar-refractivity contribution in [3.05, 3.63) is 35.6 Å². The van der Waals surface area contributed by atoms with Gasteiger partial charge in [-0.2, -0.15) is 0 Å². The van der Waals surface area contributed by atoms with E-state index < -0.39 is 5.60 Å². The molecule has 0 aliphatic heterocycles. The van der Waals surface area contributed by atoms with Crippen LogP contribution in [0.1, 0.15) is 38.7 Å². The first-order valence-electron chi connectivity index (χ1n) is 7.41. The van der Waals surface area contributed by atoms with Crippen LogP contribution in [0.3, 0.4) is 0 Å². The zero-order valence-corrected chi connectivity index (χ0v) is 12.5. The van der Waals surface area contributed by atoms with E-state index in [-0.39, 0.29) is 24.4 Å². The van der Waals surface area contributed by atoms with Crippen LogP contribution in [0.2, 0.25) is 0 Å². The van der Waals surface area contributed by atoms with Crippen molar-refractivity contribution in [2.24, 2.45) is 5.92 Å². The minimum Gasteiger partial charge on any atom is -0.384 e. The summed E-state index contributed by atoms with van der Waals surface area (Å²) in [7, 11) is 0. The predicted octanol–water partition coefficient (Wildman–Crippen LogP) is 2.52. The molecule has 5 heteroatoms. The number of hydrogen-bond acceptors (Lipinski definition) is 2. The zero-order valence-electron chi connectivity index (χ0n) is 12.5. The largest absolute Gasteiger partial charge is 0.384 e. The van der Waals surface area contributed by atoms with Crippen LogP contribution in [0.5, 0.6) is 0 Å². The van der Waals surface area contributed by atoms with Crippen molar-refractivity contribution in [3.63, 3.8) is 0 Å². The summed E-state index contributed by atoms with van der Waals surface area (Å²) in [5.41, 5.74) is -0.662. The first kappa shape index (κ1) is 15.8. The molecule has 21 heavy (non-hydrogen) atoms. The second-order valence-corrected chi connectivity index (χ2v) is 6.12. The van der Waals surface area contributed by atoms with Crippen LogP contribution < -0.4 is 10.6 Å². The molecule has 116 valence electrons. The van der Waals surface area contributed by atoms with Crippen molar-refractivity contribution < 1.29 is 14.3 Å². The third kappa shape index (κ3) is 4.17. The van der Waals surface area contributed by atoms with E-state index in [1.807, 2.05) is 0 Å². The second-order valence-electron chi connectivity index (χ2n) is 6.12. The summed E-state index contributed by atoms with van der Waals surface area (Å²) in [6.45, 7) is 3.80. The summed E-state index contributed by atoms with van der Waals surface area (Å²) < 4.78 is 12.9. The van der Waals surface area contributed by atoms with Gasteiger partial charge >= 0.3 is 6.03 Å². The van der Waals surface area contributed by atoms with E-state index in [4.69, 9.17) is 0 Å². The second kappa shape index (κ2) is 6.43. The van der Waals surface area contributed by atoms with E-state index >= 15 is 0 Å². The quantitative estimate of drug-likeness (QED) is 0.799. The molecular weight excluding hydrogens is 271 g/mol. The maximum absolute atomic E-state index is 12.9. The molecule has 2 amide bonds. The molecule has 0 radical (unpaired) electrons. The molecule has 0 heterocycles. The SMILES string of the molecule is CC1CCCC1NC(=O)NCC(C)(O)c1ccc(F)cc1. The average Bonchev–Trinajstić information content (AvgIpc) is 2.83. The van der Waals surface area contributed by atoms with Gasteiger partial charge in [-0.3, -0.25) is 0 Å². The Bertz CT molecular complexity index is 488. The molecule has 0 bridgehead atoms. The van der Waals surface area contributed by atoms with Gasteiger partial charge in [0, 0.05) is 6.04 Å². The molecular formula is C16H23FN2O2. The third-order valence-electron chi connectivity index (χ3n) is 4.24. The van der Waals surface area contributed by atoms with Crippen LogP contribution in [0.15, 0.2) is 24.3 Å². The molecule has 3 unspecified atom stereocenters. The topological polar surface area (TPSA) is 61.4 Å². The summed E-state index contributed by atoms with van der Waals surface area (Å²) >= 11 is 0. The molecule has 1 aromatic rings. The number of nitrogens with one attached hydrogen (secondary N) is 2. The lowest BCUT2D eigenvalue weighted by Crippen LogP contribution is -2.47. The third-order valence-corrected chi connectivity index (χ3v) is 4.24. The van der Waals surface area contributed by atoms with Gasteiger partial charge in [0.2, 0.25) is 0 Å². The average molecular weight is 294 g/mol. The smallest absolute Gasteiger partial charge is 0.315 e. The monoisotopic (exact) mass is 294 g/mol. The molecule has 1 fully saturated rings. The molecule has 1 aliphatic carbocycles. The van der Waals surface area contributed by atoms with Crippen LogP contribution in [0.4, 0.5) is 9.18 Å². The van der Waals surface area contributed by atoms with Gasteiger partial charge in [0.05, 0.1) is 6.54 Å². The van der Waals surface area contributed by atoms with Crippen LogP contribution in [0.25, 0.3) is 0 Å². The fourth-order valence-corrected chi connectivity index (χ4v) is 2.74. The summed E-state index contributed by atoms with van der Waals surface area (Å²) in [5, 5.41) is 16.0. The lowest BCUT2D eigenvalue weighted by molar-refractivity contribution is 0.0591. The molecule has 3 N–H and O–H groups in total. The highest BCUT2D eigenvalue weighted by atomic mass is 19.1. The molecule has 3 atom stereocenters. The number of aliphatic hydroxyl groups is 1. The van der Waals surface area contributed by atoms with E-state index in [1.54, 1.807) is 6.92 Å². The maximum Gasteiger partial charge on any atom is 0.315 e. The molecule has 0 aromatic heterocycles. The Hall–Kier alpha value is -1.62. The van der Waals surface area contributed by atoms with Crippen molar-refractivity contribution in [1.82, 2.24) is 10.6 Å². The van der Waals surface area contributed by atoms with Gasteiger partial charge < -0.3 is 15.7 Å². The van der Waals surface area contributed by atoms with Gasteiger partial charge in [-0.25, -0.2) is 9.18 Å². The highest BCUT2D eigenvalue weighted by Crippen LogP contribution is 2.24. The Morgan fingerprint density at radius 3 is 2.62 bits per heavy atom. The first-order valence-corrected chi connectivity index (χ1v) is 7.41. The van der Waals surface area contributed by atoms with Crippen LogP contribution in [0, 0.1) is 11.7 Å². The Labute approximate surface area is 124 Å². The fraction of sp³-hybridized carbons (Fsp3) is 0.562. The van der Waals surface area contributed by atoms with Crippen LogP contribution in [-0.2, 0) is 5.60 Å². The number of carbonyl (C=O) groups excluding carboxylic acids is 1. The minimum absolute atomic E-state index is 0.0750. The van der Waals surface area contributed by atoms with Gasteiger partial charge in [-0.1, -0.05) is 25.5 Å². The lowest BCUT2D eigenvalue weighted by atomic mass is 9.96. The molecule has 0 spiro atoms. The summed E-state index contributed by atoms with van der Waals surface area (Å²) in [6.07, 6.45) is 3.28. The molecule has 2 rings (SSSR count). The molecule has 0 saturated heterocycles. The summed E-state index contributed by atoms with van der Waals surface area (Å²) in [5.74, 6) is 0.142. The number of urea groups is 1. The van der Waals surface area contributed by atoms with E-state index in [0.717, 1.165) is 19.3 Å². The maximum atomic E-state index is 12.9. The molecule has 1 saturated carbocycles. The van der Waals surface area contributed by atoms with Crippen molar-refractivity contribution in [1.29, 1.82) is 0 Å². The lowest BCUT2D eigenvalue weighted by Gasteiger charge is -2.25. The van der Waals surface area contributed by atoms with Gasteiger partial charge in [0.15, 0.2) is 0 Å². The van der Waals surface area contributed by atoms with E-state index in [2.05, 4.69) is 17.6 Å². The minimum atomic E-state index is -1.23. The highest BCUT2D eigenvalue weighted by molar-refractivity contribution is 5.74. The molecule has 4 nitrogen and oxygen atoms in total. The Kier molecular flexibility index (Phi) is 4.83. The normalized spacial score (nSPS) is 24.4. The Morgan fingerprint density at radius 2 is 2.05 bits per heavy atom. The van der Waals surface area contributed by atoms with Crippen molar-refractivity contribution in [3.8, 4) is 0 Å². The number of benzene rings is 1. The number of rotatable bonds is 4. The van der Waals surface area contributed by atoms with Crippen molar-refractivity contribution in [2.45, 2.75) is 44.8 Å². The van der Waals surface area contributed by atoms with Gasteiger partial charge in [-0.05, 0) is 43.4 Å². The highest BCUT2D eigenvalue weighted by Gasteiger charge is 2.27. The predicted molar refractivity (Wildman–Crippen MR) is 79.3 cm³/mol. The van der Waals surface area contributed by atoms with E-state index in [0.29, 0.717) is 11.5 Å². The fourth-order valence-electron chi connectivity index (χ4n) is 2.74. The number of hydrogen-bond donors (Lipinski definition) is 3. The Balaban J connectivity index is 1.86. The van der Waals surface area contributed by atoms with Crippen molar-refractivity contribution in [2.75, 3.05) is 6.54 Å². The Morgan fingerprint density at radius 1 is 1.38 bits per heavy atom. The van der Waals surface area contributed by atoms with Gasteiger partial charge in [-0.15, -0.1) is 0 Å². The summed E-state index contributed by atoms with van der Waals surface area (Å²) in [6, 6.07) is 5.58. The molecule has 1 aliphatic rings. The number of amides is 2. The number of carbonyl (C=O) groups is 1. The van der Waals surface area contributed by atoms with E-state index in [9.17, 15) is 14.3 Å². The van der Waals surface area contributed by atoms with Gasteiger partial charge in [0.1, 0.15) is 11.4 Å². The van der Waals surface area contributed by atoms with Crippen molar-refractivity contribution >= 4 is 6.03 Å². The standard InChI is InChI=1S/C16H23FN2O2/c1-11-4-3-5-14(11)19-15(20)18-10-16(2,21)12-6-8-13(17)9-7-12/h6-9,11,14,21H,3-5,10H2,1-2H3,(H2,18,19,20). The van der Waals surface area contributed by atoms with Crippen LogP contribution in [-0.4, -0.2) is 23.7 Å².